The molecule has 6 heteroatoms. The van der Waals surface area contributed by atoms with Gasteiger partial charge in [-0.1, -0.05) is 24.3 Å². The molecule has 2 rings (SSSR count). The largest absolute Gasteiger partial charge is 0.398 e. The fourth-order valence-electron chi connectivity index (χ4n) is 1.69. The van der Waals surface area contributed by atoms with Gasteiger partial charge in [0, 0.05) is 24.2 Å². The van der Waals surface area contributed by atoms with Crippen LogP contribution in [-0.4, -0.2) is 19.8 Å². The number of nitrogens with zero attached hydrogens (tertiary/aromatic N) is 1. The van der Waals surface area contributed by atoms with Gasteiger partial charge in [0.2, 0.25) is 10.0 Å². The SMILES string of the molecule is CN(Cc1cccs1)S(=O)(=O)Cc1ccccc1N. The summed E-state index contributed by atoms with van der Waals surface area (Å²) in [6, 6.07) is 10.9. The lowest BCUT2D eigenvalue weighted by atomic mass is 10.2. The minimum Gasteiger partial charge on any atom is -0.398 e. The summed E-state index contributed by atoms with van der Waals surface area (Å²) < 4.78 is 25.9. The number of nitrogens with two attached hydrogens (primary N) is 1. The van der Waals surface area contributed by atoms with Gasteiger partial charge >= 0.3 is 0 Å². The Labute approximate surface area is 117 Å². The van der Waals surface area contributed by atoms with E-state index in [-0.39, 0.29) is 5.75 Å². The molecule has 0 aliphatic rings. The van der Waals surface area contributed by atoms with Gasteiger partial charge in [0.15, 0.2) is 0 Å². The number of nitrogen functional groups attached to an aromatic ring is 1. The number of benzene rings is 1. The van der Waals surface area contributed by atoms with Gasteiger partial charge in [0.05, 0.1) is 5.75 Å². The lowest BCUT2D eigenvalue weighted by molar-refractivity contribution is 0.469. The van der Waals surface area contributed by atoms with Gasteiger partial charge in [-0.05, 0) is 23.1 Å². The molecule has 1 aromatic heterocycles. The Bertz CT molecular complexity index is 636. The average Bonchev–Trinajstić information content (AvgIpc) is 2.84. The minimum absolute atomic E-state index is 0.0679. The summed E-state index contributed by atoms with van der Waals surface area (Å²) in [6.07, 6.45) is 0. The van der Waals surface area contributed by atoms with E-state index < -0.39 is 10.0 Å². The number of hydrogen-bond donors (Lipinski definition) is 1. The normalized spacial score (nSPS) is 11.9. The van der Waals surface area contributed by atoms with E-state index in [1.165, 1.54) is 4.31 Å². The van der Waals surface area contributed by atoms with Crippen LogP contribution < -0.4 is 5.73 Å². The number of anilines is 1. The molecule has 0 unspecified atom stereocenters. The van der Waals surface area contributed by atoms with Crippen molar-refractivity contribution in [2.24, 2.45) is 0 Å². The van der Waals surface area contributed by atoms with E-state index in [9.17, 15) is 8.42 Å². The number of para-hydroxylation sites is 1. The van der Waals surface area contributed by atoms with Gasteiger partial charge in [-0.15, -0.1) is 11.3 Å². The predicted octanol–water partition coefficient (Wildman–Crippen LogP) is 2.29. The summed E-state index contributed by atoms with van der Waals surface area (Å²) >= 11 is 1.55. The van der Waals surface area contributed by atoms with Crippen molar-refractivity contribution in [3.8, 4) is 0 Å². The van der Waals surface area contributed by atoms with E-state index in [1.807, 2.05) is 17.5 Å². The van der Waals surface area contributed by atoms with Gasteiger partial charge in [0.25, 0.3) is 0 Å². The van der Waals surface area contributed by atoms with Crippen LogP contribution in [0.5, 0.6) is 0 Å². The standard InChI is InChI=1S/C13H16N2O2S2/c1-15(9-12-6-4-8-18-12)19(16,17)10-11-5-2-3-7-13(11)14/h2-8H,9-10,14H2,1H3. The van der Waals surface area contributed by atoms with Crippen molar-refractivity contribution in [3.05, 3.63) is 52.2 Å². The second-order valence-corrected chi connectivity index (χ2v) is 7.40. The van der Waals surface area contributed by atoms with Crippen LogP contribution in [0.1, 0.15) is 10.4 Å². The van der Waals surface area contributed by atoms with Crippen molar-refractivity contribution >= 4 is 27.0 Å². The van der Waals surface area contributed by atoms with Crippen LogP contribution in [0.3, 0.4) is 0 Å². The summed E-state index contributed by atoms with van der Waals surface area (Å²) in [5.41, 5.74) is 6.93. The zero-order valence-electron chi connectivity index (χ0n) is 10.6. The van der Waals surface area contributed by atoms with Gasteiger partial charge in [-0.25, -0.2) is 8.42 Å². The number of hydrogen-bond acceptors (Lipinski definition) is 4. The van der Waals surface area contributed by atoms with Crippen LogP contribution in [-0.2, 0) is 22.3 Å². The molecule has 0 atom stereocenters. The monoisotopic (exact) mass is 296 g/mol. The smallest absolute Gasteiger partial charge is 0.218 e. The first kappa shape index (κ1) is 14.0. The molecule has 2 aromatic rings. The Morgan fingerprint density at radius 2 is 1.95 bits per heavy atom. The molecule has 0 aliphatic carbocycles. The Kier molecular flexibility index (Phi) is 4.24. The molecule has 0 spiro atoms. The van der Waals surface area contributed by atoms with E-state index in [2.05, 4.69) is 0 Å². The van der Waals surface area contributed by atoms with Gasteiger partial charge in [0.1, 0.15) is 0 Å². The molecule has 1 heterocycles. The molecule has 0 bridgehead atoms. The minimum atomic E-state index is -3.35. The van der Waals surface area contributed by atoms with Crippen molar-refractivity contribution < 1.29 is 8.42 Å². The molecule has 2 N–H and O–H groups in total. The second-order valence-electron chi connectivity index (χ2n) is 4.29. The summed E-state index contributed by atoms with van der Waals surface area (Å²) in [4.78, 5) is 1.02. The molecule has 0 radical (unpaired) electrons. The Morgan fingerprint density at radius 3 is 2.58 bits per heavy atom. The van der Waals surface area contributed by atoms with Crippen molar-refractivity contribution in [1.29, 1.82) is 0 Å². The molecule has 19 heavy (non-hydrogen) atoms. The Balaban J connectivity index is 2.12. The predicted molar refractivity (Wildman–Crippen MR) is 79.3 cm³/mol. The van der Waals surface area contributed by atoms with E-state index in [0.29, 0.717) is 17.8 Å². The highest BCUT2D eigenvalue weighted by Gasteiger charge is 2.20. The highest BCUT2D eigenvalue weighted by atomic mass is 32.2. The molecule has 4 nitrogen and oxygen atoms in total. The van der Waals surface area contributed by atoms with E-state index in [0.717, 1.165) is 4.88 Å². The molecular weight excluding hydrogens is 280 g/mol. The fraction of sp³-hybridized carbons (Fsp3) is 0.231. The van der Waals surface area contributed by atoms with Crippen molar-refractivity contribution in [2.75, 3.05) is 12.8 Å². The first-order valence-electron chi connectivity index (χ1n) is 5.79. The number of rotatable bonds is 5. The summed E-state index contributed by atoms with van der Waals surface area (Å²) in [7, 11) is -1.76. The third-order valence-electron chi connectivity index (χ3n) is 2.83. The van der Waals surface area contributed by atoms with Crippen molar-refractivity contribution in [2.45, 2.75) is 12.3 Å². The lowest BCUT2D eigenvalue weighted by Gasteiger charge is -2.17. The van der Waals surface area contributed by atoms with E-state index >= 15 is 0 Å². The summed E-state index contributed by atoms with van der Waals surface area (Å²) in [5.74, 6) is -0.0679. The molecule has 0 aliphatic heterocycles. The maximum atomic E-state index is 12.3. The summed E-state index contributed by atoms with van der Waals surface area (Å²) in [6.45, 7) is 0.396. The van der Waals surface area contributed by atoms with Crippen molar-refractivity contribution in [1.82, 2.24) is 4.31 Å². The Hall–Kier alpha value is -1.37. The third kappa shape index (κ3) is 3.56. The molecule has 0 fully saturated rings. The average molecular weight is 296 g/mol. The highest BCUT2D eigenvalue weighted by molar-refractivity contribution is 7.88. The molecule has 0 amide bonds. The van der Waals surface area contributed by atoms with E-state index in [4.69, 9.17) is 5.73 Å². The van der Waals surface area contributed by atoms with Crippen molar-refractivity contribution in [3.63, 3.8) is 0 Å². The third-order valence-corrected chi connectivity index (χ3v) is 5.44. The highest BCUT2D eigenvalue weighted by Crippen LogP contribution is 2.18. The maximum absolute atomic E-state index is 12.3. The van der Waals surface area contributed by atoms with Crippen LogP contribution in [0.2, 0.25) is 0 Å². The quantitative estimate of drug-likeness (QED) is 0.861. The van der Waals surface area contributed by atoms with Gasteiger partial charge in [-0.3, -0.25) is 0 Å². The number of thiophene rings is 1. The lowest BCUT2D eigenvalue weighted by Crippen LogP contribution is -2.27. The zero-order valence-corrected chi connectivity index (χ0v) is 12.2. The van der Waals surface area contributed by atoms with Crippen LogP contribution >= 0.6 is 11.3 Å². The molecule has 1 aromatic carbocycles. The first-order valence-corrected chi connectivity index (χ1v) is 8.28. The van der Waals surface area contributed by atoms with E-state index in [1.54, 1.807) is 42.6 Å². The van der Waals surface area contributed by atoms with Gasteiger partial charge in [-0.2, -0.15) is 4.31 Å². The second kappa shape index (κ2) is 5.73. The first-order chi connectivity index (χ1) is 8.99. The van der Waals surface area contributed by atoms with Crippen LogP contribution in [0.25, 0.3) is 0 Å². The topological polar surface area (TPSA) is 63.4 Å². The molecular formula is C13H16N2O2S2. The maximum Gasteiger partial charge on any atom is 0.218 e. The zero-order chi connectivity index (χ0) is 13.9. The summed E-state index contributed by atoms with van der Waals surface area (Å²) in [5, 5.41) is 1.94. The fourth-order valence-corrected chi connectivity index (χ4v) is 3.74. The molecule has 0 saturated heterocycles. The van der Waals surface area contributed by atoms with Crippen LogP contribution in [0.4, 0.5) is 5.69 Å². The van der Waals surface area contributed by atoms with Crippen LogP contribution in [0, 0.1) is 0 Å². The number of sulfonamides is 1. The Morgan fingerprint density at radius 1 is 1.21 bits per heavy atom. The van der Waals surface area contributed by atoms with Gasteiger partial charge < -0.3 is 5.73 Å². The molecule has 102 valence electrons. The van der Waals surface area contributed by atoms with Crippen LogP contribution in [0.15, 0.2) is 41.8 Å². The molecule has 0 saturated carbocycles.